The van der Waals surface area contributed by atoms with Crippen LogP contribution in [-0.4, -0.2) is 67.0 Å². The van der Waals surface area contributed by atoms with E-state index in [4.69, 9.17) is 0 Å². The van der Waals surface area contributed by atoms with Crippen LogP contribution in [0.1, 0.15) is 11.4 Å². The Balaban J connectivity index is 1.33. The van der Waals surface area contributed by atoms with Gasteiger partial charge in [-0.15, -0.1) is 5.10 Å². The molecule has 1 fully saturated rings. The van der Waals surface area contributed by atoms with Crippen LogP contribution < -0.4 is 10.2 Å². The van der Waals surface area contributed by atoms with Gasteiger partial charge in [0, 0.05) is 49.3 Å². The van der Waals surface area contributed by atoms with Crippen molar-refractivity contribution >= 4 is 23.4 Å². The molecule has 0 aliphatic carbocycles. The molecule has 198 valence electrons. The number of carbonyl (C=O) groups is 1. The van der Waals surface area contributed by atoms with Crippen LogP contribution in [0.15, 0.2) is 61.1 Å². The fraction of sp³-hybridized carbons (Fsp3) is 0.200. The van der Waals surface area contributed by atoms with E-state index in [9.17, 15) is 28.3 Å². The van der Waals surface area contributed by atoms with Crippen LogP contribution in [-0.2, 0) is 6.18 Å². The Morgan fingerprint density at radius 2 is 1.74 bits per heavy atom. The Hall–Kier alpha value is -5.19. The lowest BCUT2D eigenvalue weighted by Gasteiger charge is -2.34. The van der Waals surface area contributed by atoms with Crippen molar-refractivity contribution in [3.05, 3.63) is 72.4 Å². The lowest BCUT2D eigenvalue weighted by Crippen LogP contribution is -2.48. The standard InChI is InChI=1S/C25H20F3N9O2/c26-25(27,28)22-31-15-37(34-22)19-3-1-18(2-4-19)32-23-30-6-5-21(33-23)17-11-16(14-29)12-20(13-17)35-7-9-36(10-8-35)24(38)39/h1-6,11-13,15H,7-10H2,(H,38,39)(H,30,32,33). The zero-order valence-electron chi connectivity index (χ0n) is 20.2. The van der Waals surface area contributed by atoms with Gasteiger partial charge in [0.15, 0.2) is 0 Å². The molecular weight excluding hydrogens is 515 g/mol. The smallest absolute Gasteiger partial charge is 0.453 e. The number of piperazine rings is 1. The normalized spacial score (nSPS) is 13.7. The predicted molar refractivity (Wildman–Crippen MR) is 134 cm³/mol. The number of alkyl halides is 3. The molecule has 2 N–H and O–H groups in total. The number of nitriles is 1. The molecule has 3 heterocycles. The first kappa shape index (κ1) is 25.5. The van der Waals surface area contributed by atoms with Gasteiger partial charge in [0.1, 0.15) is 6.33 Å². The van der Waals surface area contributed by atoms with Crippen LogP contribution in [0.2, 0.25) is 0 Å². The molecule has 1 aliphatic heterocycles. The third kappa shape index (κ3) is 5.72. The van der Waals surface area contributed by atoms with Crippen LogP contribution >= 0.6 is 0 Å². The summed E-state index contributed by atoms with van der Waals surface area (Å²) in [6, 6.07) is 15.7. The van der Waals surface area contributed by atoms with E-state index in [2.05, 4.69) is 31.4 Å². The van der Waals surface area contributed by atoms with Gasteiger partial charge in [0.05, 0.1) is 23.0 Å². The maximum atomic E-state index is 12.8. The summed E-state index contributed by atoms with van der Waals surface area (Å²) in [7, 11) is 0. The van der Waals surface area contributed by atoms with Crippen molar-refractivity contribution in [2.45, 2.75) is 6.18 Å². The molecule has 2 aromatic carbocycles. The van der Waals surface area contributed by atoms with Gasteiger partial charge < -0.3 is 20.2 Å². The molecule has 39 heavy (non-hydrogen) atoms. The van der Waals surface area contributed by atoms with E-state index >= 15 is 0 Å². The number of amides is 1. The molecule has 5 rings (SSSR count). The van der Waals surface area contributed by atoms with Gasteiger partial charge in [0.25, 0.3) is 5.82 Å². The average Bonchev–Trinajstić information content (AvgIpc) is 3.45. The molecule has 0 atom stereocenters. The van der Waals surface area contributed by atoms with Gasteiger partial charge in [-0.2, -0.15) is 18.4 Å². The Labute approximate surface area is 219 Å². The molecule has 11 nitrogen and oxygen atoms in total. The van der Waals surface area contributed by atoms with Crippen molar-refractivity contribution in [3.8, 4) is 23.0 Å². The molecule has 1 saturated heterocycles. The van der Waals surface area contributed by atoms with Crippen LogP contribution in [0, 0.1) is 11.3 Å². The van der Waals surface area contributed by atoms with Crippen molar-refractivity contribution < 1.29 is 23.1 Å². The second kappa shape index (κ2) is 10.3. The maximum Gasteiger partial charge on any atom is 0.453 e. The minimum absolute atomic E-state index is 0.277. The van der Waals surface area contributed by atoms with E-state index in [1.807, 2.05) is 11.0 Å². The summed E-state index contributed by atoms with van der Waals surface area (Å²) < 4.78 is 39.4. The summed E-state index contributed by atoms with van der Waals surface area (Å²) in [6.07, 6.45) is -3.02. The highest BCUT2D eigenvalue weighted by atomic mass is 19.4. The fourth-order valence-electron chi connectivity index (χ4n) is 4.09. The number of carboxylic acid groups (broad SMARTS) is 1. The Bertz CT molecular complexity index is 1540. The Morgan fingerprint density at radius 1 is 1.00 bits per heavy atom. The topological polar surface area (TPSA) is 136 Å². The molecule has 14 heteroatoms. The second-order valence-electron chi connectivity index (χ2n) is 8.58. The van der Waals surface area contributed by atoms with E-state index in [1.165, 1.54) is 4.90 Å². The summed E-state index contributed by atoms with van der Waals surface area (Å²) in [5, 5.41) is 25.3. The first-order valence-electron chi connectivity index (χ1n) is 11.7. The minimum atomic E-state index is -4.63. The summed E-state index contributed by atoms with van der Waals surface area (Å²) in [5.41, 5.74) is 3.47. The third-order valence-electron chi connectivity index (χ3n) is 6.05. The molecule has 4 aromatic rings. The highest BCUT2D eigenvalue weighted by Crippen LogP contribution is 2.28. The van der Waals surface area contributed by atoms with Crippen LogP contribution in [0.3, 0.4) is 0 Å². The zero-order valence-corrected chi connectivity index (χ0v) is 20.2. The summed E-state index contributed by atoms with van der Waals surface area (Å²) in [6.45, 7) is 1.73. The van der Waals surface area contributed by atoms with E-state index in [0.717, 1.165) is 16.7 Å². The monoisotopic (exact) mass is 535 g/mol. The van der Waals surface area contributed by atoms with Crippen molar-refractivity contribution in [2.24, 2.45) is 0 Å². The maximum absolute atomic E-state index is 12.8. The molecule has 1 aliphatic rings. The van der Waals surface area contributed by atoms with Crippen LogP contribution in [0.25, 0.3) is 16.9 Å². The largest absolute Gasteiger partial charge is 0.465 e. The SMILES string of the molecule is N#Cc1cc(-c2ccnc(Nc3ccc(-n4cnc(C(F)(F)F)n4)cc3)n2)cc(N2CCN(C(=O)O)CC2)c1. The molecule has 0 radical (unpaired) electrons. The number of hydrogen-bond donors (Lipinski definition) is 2. The van der Waals surface area contributed by atoms with Crippen molar-refractivity contribution in [2.75, 3.05) is 36.4 Å². The molecule has 0 unspecified atom stereocenters. The number of halogens is 3. The van der Waals surface area contributed by atoms with Crippen molar-refractivity contribution in [3.63, 3.8) is 0 Å². The van der Waals surface area contributed by atoms with Gasteiger partial charge in [-0.25, -0.2) is 24.4 Å². The number of nitrogens with zero attached hydrogens (tertiary/aromatic N) is 8. The highest BCUT2D eigenvalue weighted by molar-refractivity contribution is 5.70. The minimum Gasteiger partial charge on any atom is -0.465 e. The molecule has 1 amide bonds. The van der Waals surface area contributed by atoms with Crippen molar-refractivity contribution in [1.82, 2.24) is 29.6 Å². The number of aromatic nitrogens is 5. The lowest BCUT2D eigenvalue weighted by atomic mass is 10.1. The van der Waals surface area contributed by atoms with E-state index in [-0.39, 0.29) is 5.95 Å². The van der Waals surface area contributed by atoms with Gasteiger partial charge in [0.2, 0.25) is 5.95 Å². The van der Waals surface area contributed by atoms with Crippen LogP contribution in [0.4, 0.5) is 35.3 Å². The number of rotatable bonds is 5. The molecule has 2 aromatic heterocycles. The highest BCUT2D eigenvalue weighted by Gasteiger charge is 2.35. The Kier molecular flexibility index (Phi) is 6.72. The number of hydrogen-bond acceptors (Lipinski definition) is 8. The summed E-state index contributed by atoms with van der Waals surface area (Å²) >= 11 is 0. The molecule has 0 bridgehead atoms. The molecule has 0 saturated carbocycles. The van der Waals surface area contributed by atoms with Crippen LogP contribution in [0.5, 0.6) is 0 Å². The van der Waals surface area contributed by atoms with E-state index in [1.54, 1.807) is 48.7 Å². The third-order valence-corrected chi connectivity index (χ3v) is 6.05. The number of nitrogens with one attached hydrogen (secondary N) is 1. The first-order valence-corrected chi connectivity index (χ1v) is 11.7. The summed E-state index contributed by atoms with van der Waals surface area (Å²) in [4.78, 5) is 26.7. The zero-order chi connectivity index (χ0) is 27.6. The average molecular weight is 535 g/mol. The second-order valence-corrected chi connectivity index (χ2v) is 8.58. The summed E-state index contributed by atoms with van der Waals surface area (Å²) in [5.74, 6) is -0.944. The van der Waals surface area contributed by atoms with Gasteiger partial charge in [-0.05, 0) is 48.5 Å². The molecule has 0 spiro atoms. The van der Waals surface area contributed by atoms with Gasteiger partial charge >= 0.3 is 12.3 Å². The number of anilines is 3. The van der Waals surface area contributed by atoms with E-state index in [0.29, 0.717) is 54.4 Å². The van der Waals surface area contributed by atoms with E-state index < -0.39 is 18.1 Å². The molecular formula is C25H20F3N9O2. The van der Waals surface area contributed by atoms with Crippen molar-refractivity contribution in [1.29, 1.82) is 5.26 Å². The predicted octanol–water partition coefficient (Wildman–Crippen LogP) is 4.16. The quantitative estimate of drug-likeness (QED) is 0.386. The van der Waals surface area contributed by atoms with Gasteiger partial charge in [-0.3, -0.25) is 0 Å². The Morgan fingerprint density at radius 3 is 2.38 bits per heavy atom. The lowest BCUT2D eigenvalue weighted by molar-refractivity contribution is -0.144. The van der Waals surface area contributed by atoms with Gasteiger partial charge in [-0.1, -0.05) is 0 Å². The fourth-order valence-corrected chi connectivity index (χ4v) is 4.09. The number of benzene rings is 2. The first-order chi connectivity index (χ1) is 18.7.